The first kappa shape index (κ1) is 12.2. The minimum Gasteiger partial charge on any atom is -0.466 e. The van der Waals surface area contributed by atoms with Crippen LogP contribution in [0.1, 0.15) is 34.6 Å². The van der Waals surface area contributed by atoms with E-state index in [1.807, 2.05) is 0 Å². The van der Waals surface area contributed by atoms with E-state index in [4.69, 9.17) is 0 Å². The number of esters is 1. The monoisotopic (exact) mass is 146 g/mol. The van der Waals surface area contributed by atoms with Crippen molar-refractivity contribution in [2.45, 2.75) is 34.6 Å². The lowest BCUT2D eigenvalue weighted by atomic mass is 10.3. The Morgan fingerprint density at radius 2 is 1.70 bits per heavy atom. The van der Waals surface area contributed by atoms with Gasteiger partial charge in [0, 0.05) is 6.92 Å². The zero-order valence-corrected chi connectivity index (χ0v) is 7.60. The molecule has 0 aromatic heterocycles. The van der Waals surface area contributed by atoms with Crippen molar-refractivity contribution < 1.29 is 9.53 Å². The SMILES string of the molecule is CC(C)C.CCOC(C)=O. The van der Waals surface area contributed by atoms with Crippen LogP contribution in [0.3, 0.4) is 0 Å². The van der Waals surface area contributed by atoms with Crippen molar-refractivity contribution in [3.8, 4) is 0 Å². The summed E-state index contributed by atoms with van der Waals surface area (Å²) in [5, 5.41) is 0. The van der Waals surface area contributed by atoms with Crippen molar-refractivity contribution in [2.24, 2.45) is 5.92 Å². The summed E-state index contributed by atoms with van der Waals surface area (Å²) in [5.41, 5.74) is 0. The number of carbonyl (C=O) groups is 1. The van der Waals surface area contributed by atoms with Crippen LogP contribution in [-0.2, 0) is 9.53 Å². The molecule has 0 aliphatic heterocycles. The topological polar surface area (TPSA) is 26.3 Å². The number of rotatable bonds is 1. The van der Waals surface area contributed by atoms with Crippen LogP contribution in [0.2, 0.25) is 0 Å². The first-order valence-corrected chi connectivity index (χ1v) is 3.64. The zero-order valence-electron chi connectivity index (χ0n) is 7.60. The predicted octanol–water partition coefficient (Wildman–Crippen LogP) is 2.23. The molecule has 0 radical (unpaired) electrons. The maximum atomic E-state index is 9.82. The zero-order chi connectivity index (χ0) is 8.57. The molecule has 0 aromatic carbocycles. The van der Waals surface area contributed by atoms with Gasteiger partial charge in [0.25, 0.3) is 0 Å². The molecule has 0 aliphatic rings. The fourth-order valence-corrected chi connectivity index (χ4v) is 0.203. The summed E-state index contributed by atoms with van der Waals surface area (Å²) in [7, 11) is 0. The second-order valence-corrected chi connectivity index (χ2v) is 2.66. The Hall–Kier alpha value is -0.530. The van der Waals surface area contributed by atoms with E-state index in [0.29, 0.717) is 6.61 Å². The van der Waals surface area contributed by atoms with Gasteiger partial charge in [-0.05, 0) is 12.8 Å². The van der Waals surface area contributed by atoms with Crippen LogP contribution in [0, 0.1) is 5.92 Å². The van der Waals surface area contributed by atoms with Crippen molar-refractivity contribution in [2.75, 3.05) is 6.61 Å². The Morgan fingerprint density at radius 1 is 1.40 bits per heavy atom. The minimum absolute atomic E-state index is 0.211. The molecule has 0 saturated carbocycles. The van der Waals surface area contributed by atoms with E-state index < -0.39 is 0 Å². The summed E-state index contributed by atoms with van der Waals surface area (Å²) in [6, 6.07) is 0. The normalized spacial score (nSPS) is 8.20. The maximum Gasteiger partial charge on any atom is 0.302 e. The van der Waals surface area contributed by atoms with E-state index in [2.05, 4.69) is 25.5 Å². The number of hydrogen-bond donors (Lipinski definition) is 0. The van der Waals surface area contributed by atoms with Crippen LogP contribution < -0.4 is 0 Å². The molecule has 10 heavy (non-hydrogen) atoms. The molecular weight excluding hydrogens is 128 g/mol. The summed E-state index contributed by atoms with van der Waals surface area (Å²) in [6.45, 7) is 10.2. The molecule has 0 N–H and O–H groups in total. The Kier molecular flexibility index (Phi) is 10.3. The van der Waals surface area contributed by atoms with E-state index in [1.54, 1.807) is 6.92 Å². The van der Waals surface area contributed by atoms with Crippen LogP contribution in [0.5, 0.6) is 0 Å². The number of hydrogen-bond acceptors (Lipinski definition) is 2. The summed E-state index contributed by atoms with van der Waals surface area (Å²) in [5.74, 6) is 0.623. The summed E-state index contributed by atoms with van der Waals surface area (Å²) in [4.78, 5) is 9.82. The second-order valence-electron chi connectivity index (χ2n) is 2.66. The van der Waals surface area contributed by atoms with Gasteiger partial charge in [0.2, 0.25) is 0 Å². The molecule has 2 nitrogen and oxygen atoms in total. The first-order chi connectivity index (χ1) is 4.50. The molecule has 0 amide bonds. The summed E-state index contributed by atoms with van der Waals surface area (Å²) in [6.07, 6.45) is 0. The highest BCUT2D eigenvalue weighted by Crippen LogP contribution is 1.81. The van der Waals surface area contributed by atoms with Gasteiger partial charge in [-0.25, -0.2) is 0 Å². The molecular formula is C8H18O2. The van der Waals surface area contributed by atoms with Gasteiger partial charge in [0.05, 0.1) is 6.61 Å². The third kappa shape index (κ3) is 51.3. The summed E-state index contributed by atoms with van der Waals surface area (Å²) < 4.78 is 4.40. The highest BCUT2D eigenvalue weighted by molar-refractivity contribution is 5.65. The molecule has 0 heterocycles. The summed E-state index contributed by atoms with van der Waals surface area (Å²) >= 11 is 0. The van der Waals surface area contributed by atoms with E-state index in [9.17, 15) is 4.79 Å². The highest BCUT2D eigenvalue weighted by atomic mass is 16.5. The van der Waals surface area contributed by atoms with Gasteiger partial charge in [-0.2, -0.15) is 0 Å². The second kappa shape index (κ2) is 8.47. The molecule has 62 valence electrons. The molecule has 0 rings (SSSR count). The third-order valence-electron chi connectivity index (χ3n) is 0.348. The molecule has 0 saturated heterocycles. The van der Waals surface area contributed by atoms with Crippen molar-refractivity contribution in [3.05, 3.63) is 0 Å². The Bertz CT molecular complexity index is 74.6. The average molecular weight is 146 g/mol. The van der Waals surface area contributed by atoms with Crippen molar-refractivity contribution in [1.82, 2.24) is 0 Å². The fraction of sp³-hybridized carbons (Fsp3) is 0.875. The largest absolute Gasteiger partial charge is 0.466 e. The third-order valence-corrected chi connectivity index (χ3v) is 0.348. The molecule has 0 atom stereocenters. The smallest absolute Gasteiger partial charge is 0.302 e. The van der Waals surface area contributed by atoms with E-state index in [0.717, 1.165) is 5.92 Å². The number of carbonyl (C=O) groups excluding carboxylic acids is 1. The van der Waals surface area contributed by atoms with Crippen LogP contribution in [0.15, 0.2) is 0 Å². The Morgan fingerprint density at radius 3 is 1.70 bits per heavy atom. The Balaban J connectivity index is 0. The van der Waals surface area contributed by atoms with Gasteiger partial charge in [-0.15, -0.1) is 0 Å². The van der Waals surface area contributed by atoms with Gasteiger partial charge < -0.3 is 4.74 Å². The molecule has 2 heteroatoms. The quantitative estimate of drug-likeness (QED) is 0.530. The molecule has 0 fully saturated rings. The van der Waals surface area contributed by atoms with Gasteiger partial charge >= 0.3 is 5.97 Å². The van der Waals surface area contributed by atoms with Crippen LogP contribution in [0.25, 0.3) is 0 Å². The van der Waals surface area contributed by atoms with Crippen LogP contribution >= 0.6 is 0 Å². The average Bonchev–Trinajstić information content (AvgIpc) is 1.62. The lowest BCUT2D eigenvalue weighted by Gasteiger charge is -1.89. The van der Waals surface area contributed by atoms with Gasteiger partial charge in [0.1, 0.15) is 0 Å². The molecule has 0 bridgehead atoms. The van der Waals surface area contributed by atoms with Crippen molar-refractivity contribution >= 4 is 5.97 Å². The van der Waals surface area contributed by atoms with Gasteiger partial charge in [-0.3, -0.25) is 4.79 Å². The molecule has 0 aromatic rings. The number of ether oxygens (including phenoxy) is 1. The van der Waals surface area contributed by atoms with Gasteiger partial charge in [-0.1, -0.05) is 20.8 Å². The first-order valence-electron chi connectivity index (χ1n) is 3.64. The van der Waals surface area contributed by atoms with Crippen LogP contribution in [0.4, 0.5) is 0 Å². The molecule has 0 spiro atoms. The standard InChI is InChI=1S/C4H8O2.C4H10/c1-3-6-4(2)5;1-4(2)3/h3H2,1-2H3;4H,1-3H3. The maximum absolute atomic E-state index is 9.82. The Labute approximate surface area is 63.6 Å². The lowest BCUT2D eigenvalue weighted by Crippen LogP contribution is -1.95. The highest BCUT2D eigenvalue weighted by Gasteiger charge is 1.81. The van der Waals surface area contributed by atoms with Crippen molar-refractivity contribution in [3.63, 3.8) is 0 Å². The van der Waals surface area contributed by atoms with Crippen molar-refractivity contribution in [1.29, 1.82) is 0 Å². The van der Waals surface area contributed by atoms with Gasteiger partial charge in [0.15, 0.2) is 0 Å². The molecule has 0 unspecified atom stereocenters. The fourth-order valence-electron chi connectivity index (χ4n) is 0.203. The predicted molar refractivity (Wildman–Crippen MR) is 42.8 cm³/mol. The minimum atomic E-state index is -0.211. The van der Waals surface area contributed by atoms with E-state index in [1.165, 1.54) is 6.92 Å². The molecule has 0 aliphatic carbocycles. The lowest BCUT2D eigenvalue weighted by molar-refractivity contribution is -0.140. The van der Waals surface area contributed by atoms with Crippen LogP contribution in [-0.4, -0.2) is 12.6 Å². The van der Waals surface area contributed by atoms with E-state index >= 15 is 0 Å². The van der Waals surface area contributed by atoms with E-state index in [-0.39, 0.29) is 5.97 Å².